The Morgan fingerprint density at radius 1 is 1.60 bits per heavy atom. The molecule has 0 heterocycles. The number of hydrogen-bond donors (Lipinski definition) is 1. The van der Waals surface area contributed by atoms with Gasteiger partial charge in [-0.25, -0.2) is 0 Å². The van der Waals surface area contributed by atoms with E-state index in [0.29, 0.717) is 0 Å². The van der Waals surface area contributed by atoms with E-state index < -0.39 is 0 Å². The molecule has 1 N–H and O–H groups in total. The van der Waals surface area contributed by atoms with Gasteiger partial charge in [-0.2, -0.15) is 11.8 Å². The van der Waals surface area contributed by atoms with Gasteiger partial charge in [0.2, 0.25) is 0 Å². The zero-order valence-corrected chi connectivity index (χ0v) is 7.71. The lowest BCUT2D eigenvalue weighted by atomic mass is 10.4. The van der Waals surface area contributed by atoms with Crippen molar-refractivity contribution in [3.05, 3.63) is 0 Å². The van der Waals surface area contributed by atoms with E-state index in [1.807, 2.05) is 11.8 Å². The third-order valence-electron chi connectivity index (χ3n) is 1.96. The van der Waals surface area contributed by atoms with E-state index >= 15 is 0 Å². The van der Waals surface area contributed by atoms with Crippen molar-refractivity contribution in [3.8, 4) is 0 Å². The second-order valence-corrected chi connectivity index (χ2v) is 4.42. The molecule has 1 aliphatic rings. The minimum absolute atomic E-state index is 0.777. The highest BCUT2D eigenvalue weighted by Crippen LogP contribution is 2.27. The Morgan fingerprint density at radius 3 is 2.80 bits per heavy atom. The first kappa shape index (κ1) is 8.41. The molecule has 1 nitrogen and oxygen atoms in total. The van der Waals surface area contributed by atoms with Gasteiger partial charge in [0.25, 0.3) is 0 Å². The second-order valence-electron chi connectivity index (χ2n) is 3.15. The average molecular weight is 159 g/mol. The lowest BCUT2D eigenvalue weighted by molar-refractivity contribution is 0.636. The summed E-state index contributed by atoms with van der Waals surface area (Å²) in [4.78, 5) is 0. The molecule has 1 unspecified atom stereocenters. The van der Waals surface area contributed by atoms with Crippen LogP contribution < -0.4 is 5.32 Å². The smallest absolute Gasteiger partial charge is 0.0141 e. The molecule has 1 rings (SSSR count). The van der Waals surface area contributed by atoms with Gasteiger partial charge in [0.1, 0.15) is 0 Å². The molecular formula is C8H17NS. The first-order valence-electron chi connectivity index (χ1n) is 4.06. The zero-order chi connectivity index (χ0) is 7.40. The minimum Gasteiger partial charge on any atom is -0.315 e. The van der Waals surface area contributed by atoms with Crippen molar-refractivity contribution in [3.63, 3.8) is 0 Å². The number of rotatable bonds is 5. The fourth-order valence-electron chi connectivity index (χ4n) is 0.896. The van der Waals surface area contributed by atoms with Crippen LogP contribution >= 0.6 is 11.8 Å². The molecule has 0 amide bonds. The Morgan fingerprint density at radius 2 is 2.30 bits per heavy atom. The lowest BCUT2D eigenvalue weighted by Gasteiger charge is -2.08. The SMILES string of the molecule is CSC(C)CNCC1CC1. The normalized spacial score (nSPS) is 21.0. The van der Waals surface area contributed by atoms with E-state index in [0.717, 1.165) is 11.2 Å². The molecule has 1 fully saturated rings. The number of hydrogen-bond acceptors (Lipinski definition) is 2. The minimum atomic E-state index is 0.777. The van der Waals surface area contributed by atoms with Gasteiger partial charge in [0, 0.05) is 11.8 Å². The lowest BCUT2D eigenvalue weighted by Crippen LogP contribution is -2.24. The Hall–Kier alpha value is 0.310. The van der Waals surface area contributed by atoms with Crippen LogP contribution in [0.4, 0.5) is 0 Å². The van der Waals surface area contributed by atoms with Crippen molar-refractivity contribution in [1.82, 2.24) is 5.32 Å². The van der Waals surface area contributed by atoms with Crippen molar-refractivity contribution < 1.29 is 0 Å². The van der Waals surface area contributed by atoms with Crippen molar-refractivity contribution >= 4 is 11.8 Å². The van der Waals surface area contributed by atoms with E-state index in [-0.39, 0.29) is 0 Å². The maximum atomic E-state index is 3.48. The average Bonchev–Trinajstić information content (AvgIpc) is 2.71. The molecule has 1 saturated carbocycles. The Kier molecular flexibility index (Phi) is 3.57. The van der Waals surface area contributed by atoms with E-state index in [1.54, 1.807) is 0 Å². The van der Waals surface area contributed by atoms with Crippen LogP contribution in [0.3, 0.4) is 0 Å². The molecule has 1 atom stereocenters. The van der Waals surface area contributed by atoms with Crippen molar-refractivity contribution in [1.29, 1.82) is 0 Å². The molecule has 10 heavy (non-hydrogen) atoms. The van der Waals surface area contributed by atoms with E-state index in [4.69, 9.17) is 0 Å². The summed E-state index contributed by atoms with van der Waals surface area (Å²) >= 11 is 1.93. The topological polar surface area (TPSA) is 12.0 Å². The summed E-state index contributed by atoms with van der Waals surface area (Å²) in [6, 6.07) is 0. The van der Waals surface area contributed by atoms with Gasteiger partial charge in [-0.15, -0.1) is 0 Å². The van der Waals surface area contributed by atoms with Crippen LogP contribution in [0, 0.1) is 5.92 Å². The molecule has 0 aromatic heterocycles. The van der Waals surface area contributed by atoms with Gasteiger partial charge < -0.3 is 5.32 Å². The van der Waals surface area contributed by atoms with Crippen LogP contribution in [-0.4, -0.2) is 24.6 Å². The second kappa shape index (κ2) is 4.24. The number of thioether (sulfide) groups is 1. The maximum Gasteiger partial charge on any atom is 0.0141 e. The molecule has 1 aliphatic carbocycles. The van der Waals surface area contributed by atoms with Gasteiger partial charge in [-0.05, 0) is 31.6 Å². The zero-order valence-electron chi connectivity index (χ0n) is 6.89. The van der Waals surface area contributed by atoms with Gasteiger partial charge in [-0.3, -0.25) is 0 Å². The first-order valence-corrected chi connectivity index (χ1v) is 5.35. The van der Waals surface area contributed by atoms with Gasteiger partial charge in [0.15, 0.2) is 0 Å². The Balaban J connectivity index is 1.83. The van der Waals surface area contributed by atoms with Gasteiger partial charge in [0.05, 0.1) is 0 Å². The van der Waals surface area contributed by atoms with Gasteiger partial charge >= 0.3 is 0 Å². The standard InChI is InChI=1S/C8H17NS/c1-7(10-2)5-9-6-8-3-4-8/h7-9H,3-6H2,1-2H3. The van der Waals surface area contributed by atoms with Crippen LogP contribution in [0.5, 0.6) is 0 Å². The predicted octanol–water partition coefficient (Wildman–Crippen LogP) is 1.74. The molecule has 0 spiro atoms. The van der Waals surface area contributed by atoms with Crippen LogP contribution in [0.15, 0.2) is 0 Å². The molecule has 0 aromatic carbocycles. The highest BCUT2D eigenvalue weighted by atomic mass is 32.2. The summed E-state index contributed by atoms with van der Waals surface area (Å²) < 4.78 is 0. The van der Waals surface area contributed by atoms with Crippen LogP contribution in [0.2, 0.25) is 0 Å². The molecule has 0 bridgehead atoms. The monoisotopic (exact) mass is 159 g/mol. The summed E-state index contributed by atoms with van der Waals surface area (Å²) in [5, 5.41) is 4.25. The summed E-state index contributed by atoms with van der Waals surface area (Å²) in [7, 11) is 0. The predicted molar refractivity (Wildman–Crippen MR) is 48.6 cm³/mol. The fourth-order valence-corrected chi connectivity index (χ4v) is 1.18. The third kappa shape index (κ3) is 3.47. The van der Waals surface area contributed by atoms with Crippen LogP contribution in [0.1, 0.15) is 19.8 Å². The van der Waals surface area contributed by atoms with Crippen LogP contribution in [0.25, 0.3) is 0 Å². The molecule has 0 aliphatic heterocycles. The maximum absolute atomic E-state index is 3.48. The Bertz CT molecular complexity index is 91.3. The van der Waals surface area contributed by atoms with Gasteiger partial charge in [-0.1, -0.05) is 6.92 Å². The highest BCUT2D eigenvalue weighted by molar-refractivity contribution is 7.99. The van der Waals surface area contributed by atoms with E-state index in [2.05, 4.69) is 18.5 Å². The summed E-state index contributed by atoms with van der Waals surface area (Å²) in [6.07, 6.45) is 5.09. The molecule has 0 aromatic rings. The van der Waals surface area contributed by atoms with Crippen molar-refractivity contribution in [2.45, 2.75) is 25.0 Å². The summed E-state index contributed by atoms with van der Waals surface area (Å²) in [5.41, 5.74) is 0. The number of nitrogens with one attached hydrogen (secondary N) is 1. The van der Waals surface area contributed by atoms with Crippen molar-refractivity contribution in [2.75, 3.05) is 19.3 Å². The molecule has 0 saturated heterocycles. The molecule has 2 heteroatoms. The quantitative estimate of drug-likeness (QED) is 0.656. The largest absolute Gasteiger partial charge is 0.315 e. The molecule has 60 valence electrons. The summed E-state index contributed by atoms with van der Waals surface area (Å²) in [5.74, 6) is 1.02. The molecule has 0 radical (unpaired) electrons. The summed E-state index contributed by atoms with van der Waals surface area (Å²) in [6.45, 7) is 4.70. The third-order valence-corrected chi connectivity index (χ3v) is 2.94. The van der Waals surface area contributed by atoms with E-state index in [9.17, 15) is 0 Å². The van der Waals surface area contributed by atoms with Crippen molar-refractivity contribution in [2.24, 2.45) is 5.92 Å². The highest BCUT2D eigenvalue weighted by Gasteiger charge is 2.20. The molecular weight excluding hydrogens is 142 g/mol. The Labute approximate surface area is 68.0 Å². The van der Waals surface area contributed by atoms with E-state index in [1.165, 1.54) is 25.9 Å². The van der Waals surface area contributed by atoms with Crippen LogP contribution in [-0.2, 0) is 0 Å². The fraction of sp³-hybridized carbons (Fsp3) is 1.00. The first-order chi connectivity index (χ1) is 4.83.